The molecule has 13 heteroatoms. The van der Waals surface area contributed by atoms with Gasteiger partial charge in [0.2, 0.25) is 0 Å². The maximum atomic E-state index is 12.9. The molecule has 10 nitrogen and oxygen atoms in total. The number of thiazole rings is 1. The molecule has 166 valence electrons. The van der Waals surface area contributed by atoms with Crippen LogP contribution in [0.4, 0.5) is 5.13 Å². The fourth-order valence-corrected chi connectivity index (χ4v) is 5.40. The Morgan fingerprint density at radius 1 is 1.38 bits per heavy atom. The van der Waals surface area contributed by atoms with Crippen LogP contribution in [-0.2, 0) is 19.2 Å². The summed E-state index contributed by atoms with van der Waals surface area (Å²) in [6.45, 7) is 0. The van der Waals surface area contributed by atoms with Gasteiger partial charge in [-0.05, 0) is 17.7 Å². The number of nitrogen functional groups attached to an aromatic ring is 1. The lowest BCUT2D eigenvalue weighted by Gasteiger charge is -2.49. The number of β-lactam (4-membered cyclic amide) rings is 1. The number of halogens is 1. The van der Waals surface area contributed by atoms with Crippen molar-refractivity contribution in [2.45, 2.75) is 12.1 Å². The molecule has 1 aromatic carbocycles. The van der Waals surface area contributed by atoms with Crippen LogP contribution < -0.4 is 11.1 Å². The Bertz CT molecular complexity index is 1160. The molecule has 0 bridgehead atoms. The number of nitrogens with one attached hydrogen (secondary N) is 1. The Morgan fingerprint density at radius 2 is 2.09 bits per heavy atom. The number of carboxylic acids is 1. The number of benzene rings is 1. The highest BCUT2D eigenvalue weighted by Gasteiger charge is 2.54. The van der Waals surface area contributed by atoms with Crippen molar-refractivity contribution in [2.75, 3.05) is 18.6 Å². The van der Waals surface area contributed by atoms with Gasteiger partial charge in [-0.15, -0.1) is 23.1 Å². The summed E-state index contributed by atoms with van der Waals surface area (Å²) < 4.78 is 0. The zero-order valence-corrected chi connectivity index (χ0v) is 18.8. The largest absolute Gasteiger partial charge is 0.477 e. The van der Waals surface area contributed by atoms with E-state index in [1.165, 1.54) is 23.8 Å². The molecule has 0 saturated carbocycles. The van der Waals surface area contributed by atoms with Crippen LogP contribution in [0.2, 0.25) is 5.02 Å². The molecule has 0 aliphatic carbocycles. The Labute approximate surface area is 195 Å². The number of anilines is 1. The van der Waals surface area contributed by atoms with E-state index in [4.69, 9.17) is 22.2 Å². The van der Waals surface area contributed by atoms with Crippen LogP contribution in [0, 0.1) is 0 Å². The van der Waals surface area contributed by atoms with E-state index in [-0.39, 0.29) is 22.2 Å². The van der Waals surface area contributed by atoms with E-state index in [0.717, 1.165) is 11.3 Å². The lowest BCUT2D eigenvalue weighted by molar-refractivity contribution is -0.152. The maximum Gasteiger partial charge on any atom is 0.353 e. The van der Waals surface area contributed by atoms with Crippen molar-refractivity contribution >= 4 is 68.2 Å². The number of carboxylic acid groups (broad SMARTS) is 1. The van der Waals surface area contributed by atoms with Gasteiger partial charge >= 0.3 is 5.97 Å². The van der Waals surface area contributed by atoms with Gasteiger partial charge in [0.1, 0.15) is 24.5 Å². The minimum atomic E-state index is -1.23. The molecule has 4 rings (SSSR count). The van der Waals surface area contributed by atoms with Crippen LogP contribution >= 0.6 is 34.7 Å². The number of thioether (sulfide) groups is 1. The first kappa shape index (κ1) is 22.1. The summed E-state index contributed by atoms with van der Waals surface area (Å²) in [4.78, 5) is 48.1. The predicted octanol–water partition coefficient (Wildman–Crippen LogP) is 1.63. The maximum absolute atomic E-state index is 12.9. The zero-order valence-electron chi connectivity index (χ0n) is 16.4. The van der Waals surface area contributed by atoms with Crippen molar-refractivity contribution in [2.24, 2.45) is 5.16 Å². The van der Waals surface area contributed by atoms with E-state index < -0.39 is 29.9 Å². The number of oxime groups is 1. The average Bonchev–Trinajstić information content (AvgIpc) is 3.20. The standard InChI is InChI=1S/C19H16ClN5O5S2/c1-30-24-12(10-6-32-19(21)22-10)16(26)23-13-11-7-31-15(8-2-4-9(20)5-3-8)14(18(28)29)25(11)17(13)27/h2-6,11,13H,7H2,1H3,(H2,21,22)(H,23,26)(H,28,29)/b24-12+. The fourth-order valence-electron chi connectivity index (χ4n) is 3.42. The minimum Gasteiger partial charge on any atom is -0.477 e. The molecule has 2 aromatic rings. The Hall–Kier alpha value is -3.09. The van der Waals surface area contributed by atoms with E-state index in [1.54, 1.807) is 29.6 Å². The molecule has 2 aliphatic heterocycles. The van der Waals surface area contributed by atoms with Gasteiger partial charge in [0.15, 0.2) is 10.8 Å². The highest BCUT2D eigenvalue weighted by molar-refractivity contribution is 8.08. The van der Waals surface area contributed by atoms with E-state index in [9.17, 15) is 19.5 Å². The third-order valence-corrected chi connectivity index (χ3v) is 6.98. The lowest BCUT2D eigenvalue weighted by Crippen LogP contribution is -2.72. The number of amides is 2. The van der Waals surface area contributed by atoms with Crippen molar-refractivity contribution in [3.8, 4) is 0 Å². The summed E-state index contributed by atoms with van der Waals surface area (Å²) in [5, 5.41) is 18.4. The van der Waals surface area contributed by atoms with Crippen LogP contribution in [0.5, 0.6) is 0 Å². The molecule has 2 aliphatic rings. The molecule has 0 radical (unpaired) electrons. The van der Waals surface area contributed by atoms with E-state index in [1.807, 2.05) is 0 Å². The van der Waals surface area contributed by atoms with Gasteiger partial charge < -0.3 is 21.0 Å². The molecule has 1 aromatic heterocycles. The topological polar surface area (TPSA) is 147 Å². The molecular weight excluding hydrogens is 478 g/mol. The fraction of sp³-hybridized carbons (Fsp3) is 0.211. The summed E-state index contributed by atoms with van der Waals surface area (Å²) >= 11 is 8.35. The zero-order chi connectivity index (χ0) is 23.0. The second-order valence-corrected chi connectivity index (χ2v) is 9.08. The molecule has 1 saturated heterocycles. The first-order valence-electron chi connectivity index (χ1n) is 9.14. The lowest BCUT2D eigenvalue weighted by atomic mass is 9.94. The van der Waals surface area contributed by atoms with Crippen LogP contribution in [0.25, 0.3) is 4.91 Å². The van der Waals surface area contributed by atoms with Gasteiger partial charge in [0, 0.05) is 21.1 Å². The monoisotopic (exact) mass is 493 g/mol. The van der Waals surface area contributed by atoms with E-state index >= 15 is 0 Å². The number of rotatable bonds is 6. The van der Waals surface area contributed by atoms with Crippen molar-refractivity contribution in [3.63, 3.8) is 0 Å². The molecular formula is C19H16ClN5O5S2. The molecule has 2 atom stereocenters. The second-order valence-electron chi connectivity index (χ2n) is 6.72. The van der Waals surface area contributed by atoms with Gasteiger partial charge in [0.05, 0.1) is 6.04 Å². The quantitative estimate of drug-likeness (QED) is 0.312. The summed E-state index contributed by atoms with van der Waals surface area (Å²) in [7, 11) is 1.28. The van der Waals surface area contributed by atoms with Gasteiger partial charge in [-0.25, -0.2) is 9.78 Å². The first-order chi connectivity index (χ1) is 15.3. The van der Waals surface area contributed by atoms with Crippen LogP contribution in [-0.4, -0.2) is 63.4 Å². The molecule has 0 spiro atoms. The minimum absolute atomic E-state index is 0.123. The Balaban J connectivity index is 1.58. The van der Waals surface area contributed by atoms with Crippen LogP contribution in [0.3, 0.4) is 0 Å². The Kier molecular flexibility index (Phi) is 6.09. The van der Waals surface area contributed by atoms with E-state index in [2.05, 4.69) is 15.5 Å². The van der Waals surface area contributed by atoms with Crippen molar-refractivity contribution in [3.05, 3.63) is 51.6 Å². The molecule has 4 N–H and O–H groups in total. The molecule has 1 fully saturated rings. The number of nitrogens with two attached hydrogens (primary N) is 1. The van der Waals surface area contributed by atoms with Crippen LogP contribution in [0.1, 0.15) is 11.3 Å². The van der Waals surface area contributed by atoms with Gasteiger partial charge in [0.25, 0.3) is 11.8 Å². The van der Waals surface area contributed by atoms with Gasteiger partial charge in [-0.2, -0.15) is 0 Å². The van der Waals surface area contributed by atoms with Gasteiger partial charge in [-0.1, -0.05) is 28.9 Å². The number of carbonyl (C=O) groups is 3. The predicted molar refractivity (Wildman–Crippen MR) is 121 cm³/mol. The number of carbonyl (C=O) groups excluding carboxylic acids is 2. The summed E-state index contributed by atoms with van der Waals surface area (Å²) in [5.41, 5.74) is 6.22. The number of aromatic nitrogens is 1. The van der Waals surface area contributed by atoms with Gasteiger partial charge in [-0.3, -0.25) is 14.5 Å². The Morgan fingerprint density at radius 3 is 2.69 bits per heavy atom. The summed E-state index contributed by atoms with van der Waals surface area (Å²) in [6.07, 6.45) is 0. The number of hydrogen-bond donors (Lipinski definition) is 3. The average molecular weight is 494 g/mol. The van der Waals surface area contributed by atoms with Crippen molar-refractivity contribution in [1.29, 1.82) is 0 Å². The first-order valence-corrected chi connectivity index (χ1v) is 11.4. The van der Waals surface area contributed by atoms with E-state index in [0.29, 0.717) is 21.2 Å². The molecule has 2 unspecified atom stereocenters. The van der Waals surface area contributed by atoms with Crippen LogP contribution in [0.15, 0.2) is 40.5 Å². The summed E-state index contributed by atoms with van der Waals surface area (Å²) in [5.74, 6) is -2.04. The number of fused-ring (bicyclic) bond motifs is 1. The second kappa shape index (κ2) is 8.81. The number of hydrogen-bond acceptors (Lipinski definition) is 9. The molecule has 3 heterocycles. The SMILES string of the molecule is CO/N=C(/C(=O)NC1C(=O)N2C(C(=O)O)=C(c3ccc(Cl)cc3)SCC12)c1csc(N)n1. The van der Waals surface area contributed by atoms with Crippen molar-refractivity contribution in [1.82, 2.24) is 15.2 Å². The smallest absolute Gasteiger partial charge is 0.353 e. The number of aliphatic carboxylic acids is 1. The highest BCUT2D eigenvalue weighted by Crippen LogP contribution is 2.43. The number of nitrogens with zero attached hydrogens (tertiary/aromatic N) is 3. The normalized spacial score (nSPS) is 20.5. The van der Waals surface area contributed by atoms with Crippen molar-refractivity contribution < 1.29 is 24.3 Å². The summed E-state index contributed by atoms with van der Waals surface area (Å²) in [6, 6.07) is 5.27. The molecule has 2 amide bonds. The molecule has 32 heavy (non-hydrogen) atoms. The highest BCUT2D eigenvalue weighted by atomic mass is 35.5. The third-order valence-electron chi connectivity index (χ3n) is 4.83. The third kappa shape index (κ3) is 3.92.